The number of fused-ring (bicyclic) bond motifs is 4. The molecule has 3 N–H and O–H groups in total. The molecule has 0 atom stereocenters. The Balaban J connectivity index is 1.08. The van der Waals surface area contributed by atoms with E-state index in [1.165, 1.54) is 10.2 Å². The lowest BCUT2D eigenvalue weighted by Gasteiger charge is -2.33. The van der Waals surface area contributed by atoms with E-state index in [0.717, 1.165) is 98.2 Å². The van der Waals surface area contributed by atoms with Crippen molar-refractivity contribution in [1.82, 2.24) is 24.6 Å². The smallest absolute Gasteiger partial charge is 0.278 e. The van der Waals surface area contributed by atoms with Crippen molar-refractivity contribution < 1.29 is 9.53 Å². The summed E-state index contributed by atoms with van der Waals surface area (Å²) in [5.41, 5.74) is 12.1. The fourth-order valence-corrected chi connectivity index (χ4v) is 9.47. The van der Waals surface area contributed by atoms with Gasteiger partial charge in [-0.1, -0.05) is 53.5 Å². The van der Waals surface area contributed by atoms with Crippen LogP contribution in [0.3, 0.4) is 0 Å². The molecule has 1 amide bonds. The number of aryl methyl sites for hydroxylation is 2. The number of hydrogen-bond acceptors (Lipinski definition) is 8. The third kappa shape index (κ3) is 5.90. The van der Waals surface area contributed by atoms with Gasteiger partial charge in [-0.3, -0.25) is 14.5 Å². The number of primary amides is 1. The maximum Gasteiger partial charge on any atom is 0.278 e. The SMILES string of the molecule is COc1nc(-c2cccc(-c3cccc(Nc4nc(C)cc5cnn(C)c(=O)c45)c3Cl)c2Cl)cc2c1CCN(CCC13CCC(C(N)=O)(CC1)C3)C2. The molecule has 1 aliphatic heterocycles. The summed E-state index contributed by atoms with van der Waals surface area (Å²) in [5, 5.41) is 9.55. The van der Waals surface area contributed by atoms with Crippen LogP contribution >= 0.6 is 23.2 Å². The molecule has 12 heteroatoms. The summed E-state index contributed by atoms with van der Waals surface area (Å²) in [5.74, 6) is 0.912. The molecule has 10 nitrogen and oxygen atoms in total. The number of methoxy groups -OCH3 is 1. The number of aromatic nitrogens is 4. The molecule has 2 saturated carbocycles. The summed E-state index contributed by atoms with van der Waals surface area (Å²) >= 11 is 14.3. The van der Waals surface area contributed by atoms with Crippen molar-refractivity contribution >= 4 is 51.4 Å². The summed E-state index contributed by atoms with van der Waals surface area (Å²) in [6.07, 6.45) is 8.58. The van der Waals surface area contributed by atoms with Crippen molar-refractivity contribution in [3.05, 3.63) is 91.9 Å². The lowest BCUT2D eigenvalue weighted by molar-refractivity contribution is -0.127. The first-order valence-corrected chi connectivity index (χ1v) is 18.5. The molecule has 2 bridgehead atoms. The molecule has 268 valence electrons. The van der Waals surface area contributed by atoms with E-state index in [1.54, 1.807) is 20.4 Å². The third-order valence-corrected chi connectivity index (χ3v) is 12.6. The number of ether oxygens (including phenoxy) is 1. The van der Waals surface area contributed by atoms with Crippen LogP contribution in [-0.2, 0) is 24.8 Å². The van der Waals surface area contributed by atoms with E-state index in [0.29, 0.717) is 38.2 Å². The van der Waals surface area contributed by atoms with E-state index in [4.69, 9.17) is 38.7 Å². The molecule has 8 rings (SSSR count). The Morgan fingerprint density at radius 2 is 1.75 bits per heavy atom. The molecule has 2 fully saturated rings. The van der Waals surface area contributed by atoms with Gasteiger partial charge in [-0.15, -0.1) is 0 Å². The number of benzene rings is 2. The predicted octanol–water partition coefficient (Wildman–Crippen LogP) is 7.61. The van der Waals surface area contributed by atoms with Crippen molar-refractivity contribution in [2.45, 2.75) is 58.4 Å². The van der Waals surface area contributed by atoms with E-state index in [-0.39, 0.29) is 22.3 Å². The maximum absolute atomic E-state index is 13.1. The van der Waals surface area contributed by atoms with Gasteiger partial charge in [-0.05, 0) is 87.6 Å². The van der Waals surface area contributed by atoms with Gasteiger partial charge in [0.2, 0.25) is 11.8 Å². The van der Waals surface area contributed by atoms with Gasteiger partial charge >= 0.3 is 0 Å². The molecule has 2 aromatic carbocycles. The fourth-order valence-electron chi connectivity index (χ4n) is 8.87. The number of halogens is 2. The van der Waals surface area contributed by atoms with Gasteiger partial charge in [0.05, 0.1) is 40.1 Å². The minimum absolute atomic E-state index is 0.111. The molecule has 2 aliphatic carbocycles. The van der Waals surface area contributed by atoms with Crippen LogP contribution in [0.25, 0.3) is 33.2 Å². The third-order valence-electron chi connectivity index (χ3n) is 11.8. The van der Waals surface area contributed by atoms with Crippen molar-refractivity contribution in [3.8, 4) is 28.3 Å². The van der Waals surface area contributed by atoms with Crippen LogP contribution in [-0.4, -0.2) is 50.8 Å². The lowest BCUT2D eigenvalue weighted by atomic mass is 9.80. The predicted molar refractivity (Wildman–Crippen MR) is 205 cm³/mol. The molecule has 52 heavy (non-hydrogen) atoms. The Morgan fingerprint density at radius 3 is 2.48 bits per heavy atom. The van der Waals surface area contributed by atoms with Gasteiger partial charge in [-0.2, -0.15) is 5.10 Å². The number of nitrogens with zero attached hydrogens (tertiary/aromatic N) is 5. The maximum atomic E-state index is 13.1. The van der Waals surface area contributed by atoms with Gasteiger partial charge in [0.25, 0.3) is 5.56 Å². The van der Waals surface area contributed by atoms with Crippen LogP contribution in [0.15, 0.2) is 59.5 Å². The van der Waals surface area contributed by atoms with Crippen molar-refractivity contribution in [2.24, 2.45) is 23.6 Å². The van der Waals surface area contributed by atoms with Crippen LogP contribution < -0.4 is 21.3 Å². The van der Waals surface area contributed by atoms with Crippen LogP contribution in [0.4, 0.5) is 11.5 Å². The number of pyridine rings is 2. The fraction of sp³-hybridized carbons (Fsp3) is 0.375. The highest BCUT2D eigenvalue weighted by atomic mass is 35.5. The highest BCUT2D eigenvalue weighted by Gasteiger charge is 2.56. The molecule has 4 heterocycles. The summed E-state index contributed by atoms with van der Waals surface area (Å²) in [6, 6.07) is 15.5. The quantitative estimate of drug-likeness (QED) is 0.158. The van der Waals surface area contributed by atoms with Crippen LogP contribution in [0.2, 0.25) is 10.0 Å². The van der Waals surface area contributed by atoms with E-state index >= 15 is 0 Å². The van der Waals surface area contributed by atoms with Gasteiger partial charge < -0.3 is 15.8 Å². The number of rotatable bonds is 9. The molecule has 0 unspecified atom stereocenters. The second kappa shape index (κ2) is 13.2. The average molecular weight is 739 g/mol. The largest absolute Gasteiger partial charge is 0.481 e. The normalized spacial score (nSPS) is 21.0. The summed E-state index contributed by atoms with van der Waals surface area (Å²) in [7, 11) is 3.28. The highest BCUT2D eigenvalue weighted by Crippen LogP contribution is 2.63. The van der Waals surface area contributed by atoms with Crippen molar-refractivity contribution in [1.29, 1.82) is 0 Å². The average Bonchev–Trinajstić information content (AvgIpc) is 3.71. The number of hydrogen-bond donors (Lipinski definition) is 2. The Morgan fingerprint density at radius 1 is 1.02 bits per heavy atom. The molecule has 3 aliphatic rings. The van der Waals surface area contributed by atoms with Crippen molar-refractivity contribution in [2.75, 3.05) is 25.5 Å². The molecule has 3 aromatic heterocycles. The standard InChI is InChI=1S/C40H41Cl2N7O3/c1-23-18-24-20-44-48(2)37(50)32(24)35(45-23)46-30-9-5-7-28(34(30)42)27-6-4-8-29(33(27)41)31-19-25-21-49(16-10-26(25)36(47-31)52-3)17-15-39-11-13-40(22-39,14-12-39)38(43)51/h4-9,18-20H,10-17,21-22H2,1-3H3,(H2,43,51)(H,45,46). The molecule has 0 saturated heterocycles. The molecule has 5 aromatic rings. The van der Waals surface area contributed by atoms with Gasteiger partial charge in [0, 0.05) is 58.9 Å². The minimum atomic E-state index is -0.274. The zero-order valence-electron chi connectivity index (χ0n) is 29.6. The van der Waals surface area contributed by atoms with Gasteiger partial charge in [-0.25, -0.2) is 14.6 Å². The Hall–Kier alpha value is -4.51. The number of carbonyl (C=O) groups is 1. The number of carbonyl (C=O) groups excluding carboxylic acids is 1. The minimum Gasteiger partial charge on any atom is -0.481 e. The molecular weight excluding hydrogens is 697 g/mol. The summed E-state index contributed by atoms with van der Waals surface area (Å²) in [6.45, 7) is 4.57. The first-order chi connectivity index (χ1) is 25.0. The first kappa shape index (κ1) is 34.6. The second-order valence-corrected chi connectivity index (χ2v) is 15.6. The van der Waals surface area contributed by atoms with E-state index in [2.05, 4.69) is 26.4 Å². The van der Waals surface area contributed by atoms with Gasteiger partial charge in [0.15, 0.2) is 0 Å². The monoisotopic (exact) mass is 737 g/mol. The van der Waals surface area contributed by atoms with Crippen LogP contribution in [0, 0.1) is 17.8 Å². The molecule has 0 spiro atoms. The van der Waals surface area contributed by atoms with Gasteiger partial charge in [0.1, 0.15) is 5.82 Å². The van der Waals surface area contributed by atoms with Crippen molar-refractivity contribution in [3.63, 3.8) is 0 Å². The van der Waals surface area contributed by atoms with Crippen LogP contribution in [0.1, 0.15) is 55.3 Å². The Kier molecular flexibility index (Phi) is 8.75. The number of amides is 1. The Labute approximate surface area is 312 Å². The van der Waals surface area contributed by atoms with E-state index in [1.807, 2.05) is 49.4 Å². The first-order valence-electron chi connectivity index (χ1n) is 17.8. The van der Waals surface area contributed by atoms with Crippen LogP contribution in [0.5, 0.6) is 5.88 Å². The lowest BCUT2D eigenvalue weighted by Crippen LogP contribution is -2.34. The van der Waals surface area contributed by atoms with E-state index < -0.39 is 0 Å². The Bertz CT molecular complexity index is 2320. The molecule has 0 radical (unpaired) electrons. The number of nitrogens with two attached hydrogens (primary N) is 1. The zero-order chi connectivity index (χ0) is 36.4. The zero-order valence-corrected chi connectivity index (χ0v) is 31.1. The second-order valence-electron chi connectivity index (χ2n) is 14.9. The van der Waals surface area contributed by atoms with E-state index in [9.17, 15) is 9.59 Å². The summed E-state index contributed by atoms with van der Waals surface area (Å²) in [4.78, 5) is 37.4. The summed E-state index contributed by atoms with van der Waals surface area (Å²) < 4.78 is 7.13. The molecular formula is C40H41Cl2N7O3. The highest BCUT2D eigenvalue weighted by molar-refractivity contribution is 6.39. The number of anilines is 2. The number of nitrogens with one attached hydrogen (secondary N) is 1. The topological polar surface area (TPSA) is 128 Å².